The first-order valence-corrected chi connectivity index (χ1v) is 6.95. The minimum atomic E-state index is -0.259. The van der Waals surface area contributed by atoms with Crippen LogP contribution in [-0.4, -0.2) is 29.8 Å². The predicted molar refractivity (Wildman–Crippen MR) is 76.5 cm³/mol. The molecule has 0 unspecified atom stereocenters. The molecule has 1 aliphatic heterocycles. The molecule has 1 aromatic carbocycles. The maximum Gasteiger partial charge on any atom is 0.227 e. The maximum absolute atomic E-state index is 12.3. The van der Waals surface area contributed by atoms with Crippen molar-refractivity contribution in [3.8, 4) is 0 Å². The fourth-order valence-electron chi connectivity index (χ4n) is 2.62. The zero-order chi connectivity index (χ0) is 14.5. The van der Waals surface area contributed by atoms with Crippen molar-refractivity contribution in [3.05, 3.63) is 35.4 Å². The zero-order valence-electron chi connectivity index (χ0n) is 11.5. The Hall–Kier alpha value is -1.88. The van der Waals surface area contributed by atoms with Crippen LogP contribution in [0.5, 0.6) is 0 Å². The Kier molecular flexibility index (Phi) is 4.74. The molecule has 1 heterocycles. The quantitative estimate of drug-likeness (QED) is 0.834. The van der Waals surface area contributed by atoms with Crippen LogP contribution in [0.15, 0.2) is 24.3 Å². The summed E-state index contributed by atoms with van der Waals surface area (Å²) in [4.78, 5) is 25.2. The van der Waals surface area contributed by atoms with Gasteiger partial charge in [-0.15, -0.1) is 0 Å². The molecule has 1 fully saturated rings. The lowest BCUT2D eigenvalue weighted by atomic mass is 9.95. The summed E-state index contributed by atoms with van der Waals surface area (Å²) in [5.74, 6) is -0.255. The number of carbonyl (C=O) groups is 2. The Labute approximate surface area is 118 Å². The zero-order valence-corrected chi connectivity index (χ0v) is 11.5. The summed E-state index contributed by atoms with van der Waals surface area (Å²) >= 11 is 0. The minimum absolute atomic E-state index is 0.0876. The standard InChI is InChI=1S/C15H21N3O2/c16-10-13-4-2-1-3-12(13)9-14(19)18-7-5-11(6-8-18)15(17)20/h1-4,11H,5-10,16H2,(H2,17,20). The number of hydrogen-bond donors (Lipinski definition) is 2. The normalized spacial score (nSPS) is 16.1. The highest BCUT2D eigenvalue weighted by Crippen LogP contribution is 2.18. The maximum atomic E-state index is 12.3. The second kappa shape index (κ2) is 6.52. The van der Waals surface area contributed by atoms with E-state index >= 15 is 0 Å². The Morgan fingerprint density at radius 1 is 1.15 bits per heavy atom. The Morgan fingerprint density at radius 3 is 2.30 bits per heavy atom. The van der Waals surface area contributed by atoms with E-state index in [1.54, 1.807) is 0 Å². The van der Waals surface area contributed by atoms with Crippen molar-refractivity contribution in [2.45, 2.75) is 25.8 Å². The first kappa shape index (κ1) is 14.5. The molecule has 4 N–H and O–H groups in total. The number of nitrogens with zero attached hydrogens (tertiary/aromatic N) is 1. The number of likely N-dealkylation sites (tertiary alicyclic amines) is 1. The first-order chi connectivity index (χ1) is 9.61. The third-order valence-electron chi connectivity index (χ3n) is 3.93. The van der Waals surface area contributed by atoms with Gasteiger partial charge < -0.3 is 16.4 Å². The molecule has 1 aliphatic rings. The molecule has 5 nitrogen and oxygen atoms in total. The van der Waals surface area contributed by atoms with Gasteiger partial charge in [0.1, 0.15) is 0 Å². The molecule has 2 amide bonds. The molecule has 0 radical (unpaired) electrons. The number of benzene rings is 1. The highest BCUT2D eigenvalue weighted by molar-refractivity contribution is 5.80. The molecule has 1 aromatic rings. The smallest absolute Gasteiger partial charge is 0.227 e. The van der Waals surface area contributed by atoms with E-state index in [4.69, 9.17) is 11.5 Å². The molecular formula is C15H21N3O2. The van der Waals surface area contributed by atoms with Gasteiger partial charge in [-0.2, -0.15) is 0 Å². The van der Waals surface area contributed by atoms with E-state index in [0.717, 1.165) is 11.1 Å². The summed E-state index contributed by atoms with van der Waals surface area (Å²) < 4.78 is 0. The van der Waals surface area contributed by atoms with Gasteiger partial charge in [0.25, 0.3) is 0 Å². The summed E-state index contributed by atoms with van der Waals surface area (Å²) in [6, 6.07) is 7.73. The average molecular weight is 275 g/mol. The summed E-state index contributed by atoms with van der Waals surface area (Å²) in [5.41, 5.74) is 13.0. The molecular weight excluding hydrogens is 254 g/mol. The van der Waals surface area contributed by atoms with Crippen LogP contribution in [0, 0.1) is 5.92 Å². The molecule has 0 saturated carbocycles. The van der Waals surface area contributed by atoms with Gasteiger partial charge in [0.15, 0.2) is 0 Å². The third kappa shape index (κ3) is 3.36. The van der Waals surface area contributed by atoms with Crippen LogP contribution in [0.4, 0.5) is 0 Å². The van der Waals surface area contributed by atoms with Gasteiger partial charge in [-0.25, -0.2) is 0 Å². The third-order valence-corrected chi connectivity index (χ3v) is 3.93. The lowest BCUT2D eigenvalue weighted by molar-refractivity contribution is -0.134. The number of rotatable bonds is 4. The Bertz CT molecular complexity index is 494. The summed E-state index contributed by atoms with van der Waals surface area (Å²) in [5, 5.41) is 0. The topological polar surface area (TPSA) is 89.4 Å². The summed E-state index contributed by atoms with van der Waals surface area (Å²) in [6.45, 7) is 1.65. The van der Waals surface area contributed by atoms with Crippen LogP contribution >= 0.6 is 0 Å². The first-order valence-electron chi connectivity index (χ1n) is 6.95. The van der Waals surface area contributed by atoms with Crippen molar-refractivity contribution in [2.24, 2.45) is 17.4 Å². The van der Waals surface area contributed by atoms with Gasteiger partial charge in [-0.1, -0.05) is 24.3 Å². The predicted octanol–water partition coefficient (Wildman–Crippen LogP) is 0.412. The van der Waals surface area contributed by atoms with E-state index in [2.05, 4.69) is 0 Å². The van der Waals surface area contributed by atoms with Crippen LogP contribution in [-0.2, 0) is 22.6 Å². The van der Waals surface area contributed by atoms with Crippen LogP contribution in [0.2, 0.25) is 0 Å². The highest BCUT2D eigenvalue weighted by Gasteiger charge is 2.25. The lowest BCUT2D eigenvalue weighted by Gasteiger charge is -2.30. The molecule has 5 heteroatoms. The van der Waals surface area contributed by atoms with Gasteiger partial charge in [-0.3, -0.25) is 9.59 Å². The Balaban J connectivity index is 1.94. The van der Waals surface area contributed by atoms with Gasteiger partial charge in [-0.05, 0) is 24.0 Å². The fourth-order valence-corrected chi connectivity index (χ4v) is 2.62. The van der Waals surface area contributed by atoms with Gasteiger partial charge in [0.2, 0.25) is 11.8 Å². The van der Waals surface area contributed by atoms with Crippen LogP contribution < -0.4 is 11.5 Å². The molecule has 0 aliphatic carbocycles. The molecule has 108 valence electrons. The van der Waals surface area contributed by atoms with E-state index in [1.807, 2.05) is 29.2 Å². The number of primary amides is 1. The van der Waals surface area contributed by atoms with Crippen molar-refractivity contribution >= 4 is 11.8 Å². The van der Waals surface area contributed by atoms with Crippen LogP contribution in [0.1, 0.15) is 24.0 Å². The van der Waals surface area contributed by atoms with Crippen molar-refractivity contribution in [2.75, 3.05) is 13.1 Å². The number of hydrogen-bond acceptors (Lipinski definition) is 3. The monoisotopic (exact) mass is 275 g/mol. The van der Waals surface area contributed by atoms with Crippen molar-refractivity contribution < 1.29 is 9.59 Å². The van der Waals surface area contributed by atoms with E-state index < -0.39 is 0 Å². The molecule has 0 atom stereocenters. The fraction of sp³-hybridized carbons (Fsp3) is 0.467. The number of piperidine rings is 1. The molecule has 0 bridgehead atoms. The van der Waals surface area contributed by atoms with Crippen LogP contribution in [0.3, 0.4) is 0 Å². The number of carbonyl (C=O) groups excluding carboxylic acids is 2. The average Bonchev–Trinajstić information content (AvgIpc) is 2.48. The van der Waals surface area contributed by atoms with E-state index in [1.165, 1.54) is 0 Å². The second-order valence-corrected chi connectivity index (χ2v) is 5.21. The van der Waals surface area contributed by atoms with E-state index in [0.29, 0.717) is 38.9 Å². The molecule has 0 spiro atoms. The largest absolute Gasteiger partial charge is 0.369 e. The lowest BCUT2D eigenvalue weighted by Crippen LogP contribution is -2.42. The highest BCUT2D eigenvalue weighted by atomic mass is 16.2. The van der Waals surface area contributed by atoms with Gasteiger partial charge in [0.05, 0.1) is 6.42 Å². The van der Waals surface area contributed by atoms with Gasteiger partial charge in [0, 0.05) is 25.6 Å². The van der Waals surface area contributed by atoms with Crippen molar-refractivity contribution in [3.63, 3.8) is 0 Å². The molecule has 0 aromatic heterocycles. The number of amides is 2. The van der Waals surface area contributed by atoms with E-state index in [9.17, 15) is 9.59 Å². The molecule has 1 saturated heterocycles. The number of nitrogens with two attached hydrogens (primary N) is 2. The second-order valence-electron chi connectivity index (χ2n) is 5.21. The van der Waals surface area contributed by atoms with Crippen LogP contribution in [0.25, 0.3) is 0 Å². The summed E-state index contributed by atoms with van der Waals surface area (Å²) in [7, 11) is 0. The minimum Gasteiger partial charge on any atom is -0.369 e. The summed E-state index contributed by atoms with van der Waals surface area (Å²) in [6.07, 6.45) is 1.70. The van der Waals surface area contributed by atoms with Crippen molar-refractivity contribution in [1.82, 2.24) is 4.90 Å². The SMILES string of the molecule is NCc1ccccc1CC(=O)N1CCC(C(N)=O)CC1. The molecule has 20 heavy (non-hydrogen) atoms. The Morgan fingerprint density at radius 2 is 1.75 bits per heavy atom. The molecule has 2 rings (SSSR count). The van der Waals surface area contributed by atoms with Crippen molar-refractivity contribution in [1.29, 1.82) is 0 Å². The van der Waals surface area contributed by atoms with Gasteiger partial charge >= 0.3 is 0 Å². The van der Waals surface area contributed by atoms with E-state index in [-0.39, 0.29) is 17.7 Å².